The average molecular weight is 241 g/mol. The second-order valence-corrected chi connectivity index (χ2v) is 4.85. The number of rotatable bonds is 3. The van der Waals surface area contributed by atoms with E-state index in [1.807, 2.05) is 37.3 Å². The van der Waals surface area contributed by atoms with E-state index >= 15 is 0 Å². The van der Waals surface area contributed by atoms with Crippen molar-refractivity contribution in [1.29, 1.82) is 0 Å². The fourth-order valence-electron chi connectivity index (χ4n) is 1.78. The van der Waals surface area contributed by atoms with Gasteiger partial charge < -0.3 is 10.5 Å². The van der Waals surface area contributed by atoms with E-state index in [1.165, 1.54) is 5.56 Å². The topological polar surface area (TPSA) is 35.2 Å². The molecule has 0 aliphatic carbocycles. The zero-order chi connectivity index (χ0) is 13.1. The third kappa shape index (κ3) is 2.83. The Hall–Kier alpha value is -1.96. The maximum atomic E-state index is 5.85. The Morgan fingerprint density at radius 2 is 1.72 bits per heavy atom. The van der Waals surface area contributed by atoms with Crippen LogP contribution in [0.3, 0.4) is 0 Å². The number of nitrogen functional groups attached to an aromatic ring is 1. The van der Waals surface area contributed by atoms with Gasteiger partial charge in [-0.3, -0.25) is 0 Å². The van der Waals surface area contributed by atoms with Crippen molar-refractivity contribution in [1.82, 2.24) is 0 Å². The first-order valence-corrected chi connectivity index (χ1v) is 6.20. The summed E-state index contributed by atoms with van der Waals surface area (Å²) in [6.07, 6.45) is 0. The van der Waals surface area contributed by atoms with Gasteiger partial charge in [0.15, 0.2) is 0 Å². The smallest absolute Gasteiger partial charge is 0.127 e. The molecule has 0 aliphatic heterocycles. The van der Waals surface area contributed by atoms with E-state index < -0.39 is 0 Å². The Labute approximate surface area is 108 Å². The molecular formula is C16H19NO. The van der Waals surface area contributed by atoms with Crippen molar-refractivity contribution in [3.05, 3.63) is 53.6 Å². The Morgan fingerprint density at radius 1 is 1.00 bits per heavy atom. The molecule has 0 aromatic heterocycles. The van der Waals surface area contributed by atoms with Gasteiger partial charge in [-0.1, -0.05) is 26.0 Å². The average Bonchev–Trinajstić information content (AvgIpc) is 2.34. The van der Waals surface area contributed by atoms with Gasteiger partial charge in [-0.15, -0.1) is 0 Å². The van der Waals surface area contributed by atoms with E-state index in [-0.39, 0.29) is 0 Å². The van der Waals surface area contributed by atoms with Crippen LogP contribution < -0.4 is 10.5 Å². The van der Waals surface area contributed by atoms with Crippen LogP contribution in [0.4, 0.5) is 5.69 Å². The number of ether oxygens (including phenoxy) is 1. The molecule has 2 rings (SSSR count). The van der Waals surface area contributed by atoms with Gasteiger partial charge in [0.05, 0.1) is 0 Å². The summed E-state index contributed by atoms with van der Waals surface area (Å²) in [5, 5.41) is 0. The first-order valence-electron chi connectivity index (χ1n) is 6.20. The summed E-state index contributed by atoms with van der Waals surface area (Å²) in [5.74, 6) is 2.19. The largest absolute Gasteiger partial charge is 0.457 e. The Bertz CT molecular complexity index is 547. The first kappa shape index (κ1) is 12.5. The van der Waals surface area contributed by atoms with Crippen LogP contribution in [0, 0.1) is 6.92 Å². The van der Waals surface area contributed by atoms with Gasteiger partial charge in [-0.25, -0.2) is 0 Å². The number of benzene rings is 2. The van der Waals surface area contributed by atoms with Gasteiger partial charge >= 0.3 is 0 Å². The number of anilines is 1. The third-order valence-electron chi connectivity index (χ3n) is 3.00. The summed E-state index contributed by atoms with van der Waals surface area (Å²) >= 11 is 0. The van der Waals surface area contributed by atoms with Crippen LogP contribution in [0.15, 0.2) is 42.5 Å². The lowest BCUT2D eigenvalue weighted by molar-refractivity contribution is 0.481. The Balaban J connectivity index is 2.23. The molecule has 94 valence electrons. The standard InChI is InChI=1S/C16H19NO/c1-11(2)13-5-4-6-14(10-13)18-15-7-8-16(17)12(3)9-15/h4-11H,17H2,1-3H3. The summed E-state index contributed by atoms with van der Waals surface area (Å²) in [4.78, 5) is 0. The Morgan fingerprint density at radius 3 is 2.39 bits per heavy atom. The highest BCUT2D eigenvalue weighted by Crippen LogP contribution is 2.27. The van der Waals surface area contributed by atoms with Crippen LogP contribution in [-0.2, 0) is 0 Å². The van der Waals surface area contributed by atoms with Crippen molar-refractivity contribution in [2.75, 3.05) is 5.73 Å². The van der Waals surface area contributed by atoms with Crippen molar-refractivity contribution in [3.63, 3.8) is 0 Å². The molecule has 0 spiro atoms. The van der Waals surface area contributed by atoms with E-state index in [0.717, 1.165) is 22.7 Å². The lowest BCUT2D eigenvalue weighted by Crippen LogP contribution is -1.92. The van der Waals surface area contributed by atoms with E-state index in [0.29, 0.717) is 5.92 Å². The van der Waals surface area contributed by atoms with Crippen LogP contribution in [-0.4, -0.2) is 0 Å². The fourth-order valence-corrected chi connectivity index (χ4v) is 1.78. The first-order chi connectivity index (χ1) is 8.56. The number of hydrogen-bond donors (Lipinski definition) is 1. The van der Waals surface area contributed by atoms with Crippen molar-refractivity contribution < 1.29 is 4.74 Å². The van der Waals surface area contributed by atoms with E-state index in [2.05, 4.69) is 26.0 Å². The second kappa shape index (κ2) is 5.13. The molecule has 2 aromatic rings. The molecule has 0 amide bonds. The van der Waals surface area contributed by atoms with E-state index in [9.17, 15) is 0 Å². The predicted octanol–water partition coefficient (Wildman–Crippen LogP) is 4.49. The highest BCUT2D eigenvalue weighted by molar-refractivity contribution is 5.50. The van der Waals surface area contributed by atoms with Gasteiger partial charge in [0.2, 0.25) is 0 Å². The highest BCUT2D eigenvalue weighted by Gasteiger charge is 2.03. The molecule has 0 radical (unpaired) electrons. The highest BCUT2D eigenvalue weighted by atomic mass is 16.5. The molecule has 0 saturated heterocycles. The normalized spacial score (nSPS) is 10.7. The maximum Gasteiger partial charge on any atom is 0.127 e. The van der Waals surface area contributed by atoms with Crippen molar-refractivity contribution >= 4 is 5.69 Å². The minimum absolute atomic E-state index is 0.502. The molecule has 0 atom stereocenters. The van der Waals surface area contributed by atoms with Crippen LogP contribution in [0.5, 0.6) is 11.5 Å². The number of nitrogens with two attached hydrogens (primary N) is 1. The van der Waals surface area contributed by atoms with Gasteiger partial charge in [0, 0.05) is 5.69 Å². The molecule has 0 bridgehead atoms. The Kier molecular flexibility index (Phi) is 3.56. The molecule has 0 heterocycles. The molecule has 2 N–H and O–H groups in total. The van der Waals surface area contributed by atoms with Crippen LogP contribution in [0.25, 0.3) is 0 Å². The lowest BCUT2D eigenvalue weighted by atomic mass is 10.0. The van der Waals surface area contributed by atoms with E-state index in [1.54, 1.807) is 0 Å². The molecule has 2 aromatic carbocycles. The van der Waals surface area contributed by atoms with Gasteiger partial charge in [-0.2, -0.15) is 0 Å². The quantitative estimate of drug-likeness (QED) is 0.803. The number of aryl methyl sites for hydroxylation is 1. The lowest BCUT2D eigenvalue weighted by Gasteiger charge is -2.10. The van der Waals surface area contributed by atoms with Crippen LogP contribution in [0.1, 0.15) is 30.9 Å². The van der Waals surface area contributed by atoms with Crippen molar-refractivity contribution in [2.45, 2.75) is 26.7 Å². The monoisotopic (exact) mass is 241 g/mol. The van der Waals surface area contributed by atoms with Crippen LogP contribution >= 0.6 is 0 Å². The second-order valence-electron chi connectivity index (χ2n) is 4.85. The third-order valence-corrected chi connectivity index (χ3v) is 3.00. The van der Waals surface area contributed by atoms with Gasteiger partial charge in [-0.05, 0) is 54.3 Å². The SMILES string of the molecule is Cc1cc(Oc2cccc(C(C)C)c2)ccc1N. The molecule has 18 heavy (non-hydrogen) atoms. The van der Waals surface area contributed by atoms with Gasteiger partial charge in [0.25, 0.3) is 0 Å². The fraction of sp³-hybridized carbons (Fsp3) is 0.250. The molecule has 2 heteroatoms. The summed E-state index contributed by atoms with van der Waals surface area (Å²) in [6, 6.07) is 13.9. The van der Waals surface area contributed by atoms with Crippen molar-refractivity contribution in [3.8, 4) is 11.5 Å². The number of hydrogen-bond acceptors (Lipinski definition) is 2. The van der Waals surface area contributed by atoms with Crippen molar-refractivity contribution in [2.24, 2.45) is 0 Å². The summed E-state index contributed by atoms with van der Waals surface area (Å²) in [6.45, 7) is 6.33. The zero-order valence-corrected chi connectivity index (χ0v) is 11.1. The van der Waals surface area contributed by atoms with E-state index in [4.69, 9.17) is 10.5 Å². The summed E-state index contributed by atoms with van der Waals surface area (Å²) in [7, 11) is 0. The molecule has 2 nitrogen and oxygen atoms in total. The molecule has 0 aliphatic rings. The van der Waals surface area contributed by atoms with Crippen LogP contribution in [0.2, 0.25) is 0 Å². The summed E-state index contributed by atoms with van der Waals surface area (Å²) < 4.78 is 5.85. The maximum absolute atomic E-state index is 5.85. The minimum atomic E-state index is 0.502. The van der Waals surface area contributed by atoms with Gasteiger partial charge in [0.1, 0.15) is 11.5 Å². The predicted molar refractivity (Wildman–Crippen MR) is 76.2 cm³/mol. The molecule has 0 fully saturated rings. The molecule has 0 saturated carbocycles. The molecule has 0 unspecified atom stereocenters. The zero-order valence-electron chi connectivity index (χ0n) is 11.1. The minimum Gasteiger partial charge on any atom is -0.457 e. The molecular weight excluding hydrogens is 222 g/mol. The summed E-state index contributed by atoms with van der Waals surface area (Å²) in [5.41, 5.74) is 8.89.